The molecule has 0 atom stereocenters. The molecule has 0 heterocycles. The maximum atomic E-state index is 12.2. The molecule has 1 rings (SSSR count). The number of esters is 1. The first-order chi connectivity index (χ1) is 12.6. The first-order valence-corrected chi connectivity index (χ1v) is 10.4. The zero-order valence-corrected chi connectivity index (χ0v) is 17.3. The third-order valence-corrected chi connectivity index (χ3v) is 4.64. The van der Waals surface area contributed by atoms with Gasteiger partial charge in [0, 0.05) is 6.61 Å². The molecule has 26 heavy (non-hydrogen) atoms. The van der Waals surface area contributed by atoms with Crippen molar-refractivity contribution in [2.24, 2.45) is 5.92 Å². The summed E-state index contributed by atoms with van der Waals surface area (Å²) in [7, 11) is 0. The van der Waals surface area contributed by atoms with Gasteiger partial charge in [-0.1, -0.05) is 65.9 Å². The average Bonchev–Trinajstić information content (AvgIpc) is 2.65. The number of hydrogen-bond donors (Lipinski definition) is 0. The van der Waals surface area contributed by atoms with Gasteiger partial charge in [-0.3, -0.25) is 0 Å². The van der Waals surface area contributed by atoms with Gasteiger partial charge in [0.05, 0.1) is 12.2 Å². The lowest BCUT2D eigenvalue weighted by Gasteiger charge is -2.09. The van der Waals surface area contributed by atoms with Gasteiger partial charge in [-0.05, 0) is 48.4 Å². The summed E-state index contributed by atoms with van der Waals surface area (Å²) in [6, 6.07) is 6.02. The van der Waals surface area contributed by atoms with Crippen molar-refractivity contribution in [1.82, 2.24) is 0 Å². The van der Waals surface area contributed by atoms with Crippen LogP contribution in [-0.2, 0) is 22.3 Å². The molecule has 0 aliphatic rings. The second-order valence-electron chi connectivity index (χ2n) is 7.44. The second kappa shape index (κ2) is 13.8. The van der Waals surface area contributed by atoms with E-state index in [4.69, 9.17) is 9.47 Å². The van der Waals surface area contributed by atoms with E-state index in [9.17, 15) is 4.79 Å². The standard InChI is InChI=1S/C23H38O3/c1-5-20-16-21(6-2)18-22(17-20)23(24)26-15-14-25-13-11-9-7-8-10-12-19(3)4/h16-19H,5-15H2,1-4H3. The summed E-state index contributed by atoms with van der Waals surface area (Å²) in [5.41, 5.74) is 3.02. The zero-order chi connectivity index (χ0) is 19.2. The molecule has 148 valence electrons. The highest BCUT2D eigenvalue weighted by Gasteiger charge is 2.09. The van der Waals surface area contributed by atoms with E-state index in [0.717, 1.165) is 31.8 Å². The van der Waals surface area contributed by atoms with Crippen molar-refractivity contribution in [2.75, 3.05) is 19.8 Å². The van der Waals surface area contributed by atoms with Crippen LogP contribution in [0.4, 0.5) is 0 Å². The maximum absolute atomic E-state index is 12.2. The van der Waals surface area contributed by atoms with Crippen molar-refractivity contribution in [2.45, 2.75) is 79.1 Å². The SMILES string of the molecule is CCc1cc(CC)cc(C(=O)OCCOCCCCCCCC(C)C)c1. The molecule has 0 saturated carbocycles. The van der Waals surface area contributed by atoms with Gasteiger partial charge in [-0.2, -0.15) is 0 Å². The molecule has 0 spiro atoms. The van der Waals surface area contributed by atoms with Crippen LogP contribution in [0.5, 0.6) is 0 Å². The lowest BCUT2D eigenvalue weighted by atomic mass is 10.0. The van der Waals surface area contributed by atoms with Crippen LogP contribution < -0.4 is 0 Å². The van der Waals surface area contributed by atoms with Gasteiger partial charge in [0.1, 0.15) is 6.61 Å². The Balaban J connectivity index is 2.10. The Hall–Kier alpha value is -1.35. The van der Waals surface area contributed by atoms with Gasteiger partial charge < -0.3 is 9.47 Å². The fraction of sp³-hybridized carbons (Fsp3) is 0.696. The van der Waals surface area contributed by atoms with Crippen LogP contribution in [0.2, 0.25) is 0 Å². The van der Waals surface area contributed by atoms with E-state index in [1.807, 2.05) is 12.1 Å². The number of aryl methyl sites for hydroxylation is 2. The molecular formula is C23H38O3. The van der Waals surface area contributed by atoms with E-state index >= 15 is 0 Å². The quantitative estimate of drug-likeness (QED) is 0.301. The van der Waals surface area contributed by atoms with Crippen LogP contribution >= 0.6 is 0 Å². The maximum Gasteiger partial charge on any atom is 0.338 e. The van der Waals surface area contributed by atoms with Gasteiger partial charge in [-0.15, -0.1) is 0 Å². The van der Waals surface area contributed by atoms with Crippen molar-refractivity contribution in [1.29, 1.82) is 0 Å². The first kappa shape index (κ1) is 22.7. The fourth-order valence-electron chi connectivity index (χ4n) is 2.95. The molecule has 0 aromatic heterocycles. The van der Waals surface area contributed by atoms with E-state index in [-0.39, 0.29) is 5.97 Å². The Morgan fingerprint density at radius 2 is 1.46 bits per heavy atom. The number of unbranched alkanes of at least 4 members (excludes halogenated alkanes) is 4. The zero-order valence-electron chi connectivity index (χ0n) is 17.3. The Morgan fingerprint density at radius 3 is 2.08 bits per heavy atom. The summed E-state index contributed by atoms with van der Waals surface area (Å²) in [6.45, 7) is 10.3. The van der Waals surface area contributed by atoms with Crippen LogP contribution in [0, 0.1) is 5.92 Å². The van der Waals surface area contributed by atoms with E-state index < -0.39 is 0 Å². The highest BCUT2D eigenvalue weighted by Crippen LogP contribution is 2.13. The average molecular weight is 363 g/mol. The lowest BCUT2D eigenvalue weighted by molar-refractivity contribution is 0.0312. The fourth-order valence-corrected chi connectivity index (χ4v) is 2.95. The molecule has 0 radical (unpaired) electrons. The molecule has 0 aliphatic heterocycles. The summed E-state index contributed by atoms with van der Waals surface area (Å²) in [6.07, 6.45) is 9.46. The number of benzene rings is 1. The smallest absolute Gasteiger partial charge is 0.338 e. The molecule has 3 nitrogen and oxygen atoms in total. The Morgan fingerprint density at radius 1 is 0.846 bits per heavy atom. The third-order valence-electron chi connectivity index (χ3n) is 4.64. The summed E-state index contributed by atoms with van der Waals surface area (Å²) in [5, 5.41) is 0. The topological polar surface area (TPSA) is 35.5 Å². The molecule has 0 amide bonds. The molecule has 1 aromatic carbocycles. The van der Waals surface area contributed by atoms with Gasteiger partial charge in [0.15, 0.2) is 0 Å². The van der Waals surface area contributed by atoms with E-state index in [1.165, 1.54) is 43.2 Å². The molecule has 1 aromatic rings. The minimum Gasteiger partial charge on any atom is -0.460 e. The third kappa shape index (κ3) is 9.96. The number of carbonyl (C=O) groups excluding carboxylic acids is 1. The largest absolute Gasteiger partial charge is 0.460 e. The summed E-state index contributed by atoms with van der Waals surface area (Å²) in [5.74, 6) is 0.572. The molecule has 3 heteroatoms. The summed E-state index contributed by atoms with van der Waals surface area (Å²) in [4.78, 5) is 12.2. The van der Waals surface area contributed by atoms with Gasteiger partial charge in [0.2, 0.25) is 0 Å². The number of rotatable bonds is 14. The molecule has 0 fully saturated rings. The predicted molar refractivity (Wildman–Crippen MR) is 109 cm³/mol. The van der Waals surface area contributed by atoms with Crippen molar-refractivity contribution in [3.8, 4) is 0 Å². The monoisotopic (exact) mass is 362 g/mol. The highest BCUT2D eigenvalue weighted by atomic mass is 16.6. The molecular weight excluding hydrogens is 324 g/mol. The molecule has 0 aliphatic carbocycles. The first-order valence-electron chi connectivity index (χ1n) is 10.4. The van der Waals surface area contributed by atoms with Gasteiger partial charge >= 0.3 is 5.97 Å². The molecule has 0 bridgehead atoms. The van der Waals surface area contributed by atoms with Gasteiger partial charge in [-0.25, -0.2) is 4.79 Å². The predicted octanol–water partition coefficient (Wildman–Crippen LogP) is 5.98. The number of ether oxygens (including phenoxy) is 2. The summed E-state index contributed by atoms with van der Waals surface area (Å²) < 4.78 is 10.9. The summed E-state index contributed by atoms with van der Waals surface area (Å²) >= 11 is 0. The molecule has 0 N–H and O–H groups in total. The second-order valence-corrected chi connectivity index (χ2v) is 7.44. The van der Waals surface area contributed by atoms with Gasteiger partial charge in [0.25, 0.3) is 0 Å². The van der Waals surface area contributed by atoms with Crippen LogP contribution in [0.3, 0.4) is 0 Å². The number of hydrogen-bond acceptors (Lipinski definition) is 3. The lowest BCUT2D eigenvalue weighted by Crippen LogP contribution is -2.12. The normalized spacial score (nSPS) is 11.1. The Labute approximate surface area is 160 Å². The van der Waals surface area contributed by atoms with E-state index in [1.54, 1.807) is 0 Å². The van der Waals surface area contributed by atoms with Crippen LogP contribution in [0.15, 0.2) is 18.2 Å². The van der Waals surface area contributed by atoms with Crippen molar-refractivity contribution < 1.29 is 14.3 Å². The molecule has 0 unspecified atom stereocenters. The van der Waals surface area contributed by atoms with E-state index in [2.05, 4.69) is 33.8 Å². The Kier molecular flexibility index (Phi) is 12.0. The van der Waals surface area contributed by atoms with Crippen LogP contribution in [0.1, 0.15) is 87.7 Å². The molecule has 0 saturated heterocycles. The van der Waals surface area contributed by atoms with Crippen molar-refractivity contribution in [3.05, 3.63) is 34.9 Å². The van der Waals surface area contributed by atoms with Crippen LogP contribution in [0.25, 0.3) is 0 Å². The Bertz CT molecular complexity index is 486. The minimum atomic E-state index is -0.247. The minimum absolute atomic E-state index is 0.247. The van der Waals surface area contributed by atoms with Crippen molar-refractivity contribution in [3.63, 3.8) is 0 Å². The van der Waals surface area contributed by atoms with Crippen molar-refractivity contribution >= 4 is 5.97 Å². The highest BCUT2D eigenvalue weighted by molar-refractivity contribution is 5.89. The van der Waals surface area contributed by atoms with E-state index in [0.29, 0.717) is 18.8 Å². The number of carbonyl (C=O) groups is 1. The van der Waals surface area contributed by atoms with Crippen LogP contribution in [-0.4, -0.2) is 25.8 Å².